The lowest BCUT2D eigenvalue weighted by molar-refractivity contribution is -0.142. The van der Waals surface area contributed by atoms with Gasteiger partial charge < -0.3 is 14.8 Å². The molecule has 3 rings (SSSR count). The number of nitrogens with one attached hydrogen (secondary N) is 1. The second-order valence-electron chi connectivity index (χ2n) is 6.08. The lowest BCUT2D eigenvalue weighted by atomic mass is 10.1. The summed E-state index contributed by atoms with van der Waals surface area (Å²) < 4.78 is 10.6. The van der Waals surface area contributed by atoms with Crippen LogP contribution in [0.2, 0.25) is 0 Å². The molecular weight excluding hydrogens is 332 g/mol. The number of esters is 1. The first kappa shape index (κ1) is 17.8. The number of ether oxygens (including phenoxy) is 2. The van der Waals surface area contributed by atoms with Crippen molar-refractivity contribution in [1.82, 2.24) is 0 Å². The summed E-state index contributed by atoms with van der Waals surface area (Å²) in [7, 11) is 0. The van der Waals surface area contributed by atoms with E-state index in [0.29, 0.717) is 31.2 Å². The Morgan fingerprint density at radius 2 is 1.96 bits per heavy atom. The number of nitrogens with zero attached hydrogens (tertiary/aromatic N) is 1. The number of carbonyl (C=O) groups excluding carboxylic acids is 2. The molecule has 0 radical (unpaired) electrons. The fraction of sp³-hybridized carbons (Fsp3) is 0.300. The normalized spacial score (nSPS) is 12.8. The van der Waals surface area contributed by atoms with Crippen LogP contribution in [-0.4, -0.2) is 31.8 Å². The molecule has 0 unspecified atom stereocenters. The van der Waals surface area contributed by atoms with Gasteiger partial charge in [-0.3, -0.25) is 9.69 Å². The van der Waals surface area contributed by atoms with Gasteiger partial charge in [0.1, 0.15) is 12.4 Å². The number of fused-ring (bicyclic) bond motifs is 1. The first-order valence-electron chi connectivity index (χ1n) is 8.63. The first-order chi connectivity index (χ1) is 12.6. The molecule has 0 bridgehead atoms. The van der Waals surface area contributed by atoms with Crippen molar-refractivity contribution in [3.05, 3.63) is 53.6 Å². The summed E-state index contributed by atoms with van der Waals surface area (Å²) >= 11 is 0. The van der Waals surface area contributed by atoms with Crippen molar-refractivity contribution >= 4 is 23.4 Å². The molecule has 0 spiro atoms. The molecule has 2 amide bonds. The monoisotopic (exact) mass is 354 g/mol. The van der Waals surface area contributed by atoms with Crippen molar-refractivity contribution in [3.63, 3.8) is 0 Å². The lowest BCUT2D eigenvalue weighted by Crippen LogP contribution is -2.40. The zero-order valence-electron chi connectivity index (χ0n) is 15.0. The lowest BCUT2D eigenvalue weighted by Gasteiger charge is -2.29. The minimum absolute atomic E-state index is 0.210. The number of urea groups is 1. The van der Waals surface area contributed by atoms with Gasteiger partial charge in [-0.2, -0.15) is 0 Å². The predicted molar refractivity (Wildman–Crippen MR) is 99.8 cm³/mol. The average Bonchev–Trinajstić information content (AvgIpc) is 2.63. The quantitative estimate of drug-likeness (QED) is 0.853. The molecule has 1 aliphatic heterocycles. The van der Waals surface area contributed by atoms with Gasteiger partial charge in [-0.05, 0) is 49.2 Å². The van der Waals surface area contributed by atoms with E-state index >= 15 is 0 Å². The fourth-order valence-electron chi connectivity index (χ4n) is 2.81. The van der Waals surface area contributed by atoms with Gasteiger partial charge in [-0.15, -0.1) is 0 Å². The molecule has 2 aromatic carbocycles. The third-order valence-electron chi connectivity index (χ3n) is 4.08. The van der Waals surface area contributed by atoms with E-state index in [-0.39, 0.29) is 18.4 Å². The van der Waals surface area contributed by atoms with Crippen LogP contribution in [0.3, 0.4) is 0 Å². The van der Waals surface area contributed by atoms with Crippen molar-refractivity contribution < 1.29 is 19.1 Å². The van der Waals surface area contributed by atoms with E-state index in [2.05, 4.69) is 5.32 Å². The standard InChI is InChI=1S/C20H22N2O4/c1-3-25-19(23)13-15-5-7-16(8-6-15)21-20(24)22-10-11-26-18-9-4-14(2)12-17(18)22/h4-9,12H,3,10-11,13H2,1-2H3,(H,21,24). The smallest absolute Gasteiger partial charge is 0.326 e. The number of rotatable bonds is 4. The van der Waals surface area contributed by atoms with Crippen LogP contribution in [0, 0.1) is 6.92 Å². The number of carbonyl (C=O) groups is 2. The molecule has 1 N–H and O–H groups in total. The molecule has 6 heteroatoms. The summed E-state index contributed by atoms with van der Waals surface area (Å²) in [4.78, 5) is 25.9. The van der Waals surface area contributed by atoms with Crippen molar-refractivity contribution in [2.75, 3.05) is 30.0 Å². The fourth-order valence-corrected chi connectivity index (χ4v) is 2.81. The Morgan fingerprint density at radius 1 is 1.19 bits per heavy atom. The molecule has 0 aliphatic carbocycles. The number of benzene rings is 2. The highest BCUT2D eigenvalue weighted by Gasteiger charge is 2.23. The molecule has 0 fully saturated rings. The first-order valence-corrected chi connectivity index (χ1v) is 8.63. The zero-order chi connectivity index (χ0) is 18.5. The third-order valence-corrected chi connectivity index (χ3v) is 4.08. The van der Waals surface area contributed by atoms with Gasteiger partial charge in [0.2, 0.25) is 0 Å². The molecule has 1 aliphatic rings. The van der Waals surface area contributed by atoms with E-state index in [0.717, 1.165) is 16.8 Å². The van der Waals surface area contributed by atoms with Crippen molar-refractivity contribution in [2.45, 2.75) is 20.3 Å². The van der Waals surface area contributed by atoms with E-state index in [1.807, 2.05) is 37.3 Å². The average molecular weight is 354 g/mol. The summed E-state index contributed by atoms with van der Waals surface area (Å²) in [5, 5.41) is 2.89. The summed E-state index contributed by atoms with van der Waals surface area (Å²) in [6, 6.07) is 12.8. The Hall–Kier alpha value is -3.02. The van der Waals surface area contributed by atoms with E-state index < -0.39 is 0 Å². The van der Waals surface area contributed by atoms with Crippen LogP contribution in [0.4, 0.5) is 16.2 Å². The molecule has 0 saturated heterocycles. The SMILES string of the molecule is CCOC(=O)Cc1ccc(NC(=O)N2CCOc3ccc(C)cc32)cc1. The third kappa shape index (κ3) is 4.14. The molecule has 0 aromatic heterocycles. The zero-order valence-corrected chi connectivity index (χ0v) is 15.0. The van der Waals surface area contributed by atoms with Gasteiger partial charge in [-0.25, -0.2) is 4.79 Å². The predicted octanol–water partition coefficient (Wildman–Crippen LogP) is 3.53. The summed E-state index contributed by atoms with van der Waals surface area (Å²) in [6.45, 7) is 5.08. The Labute approximate surface area is 152 Å². The summed E-state index contributed by atoms with van der Waals surface area (Å²) in [5.74, 6) is 0.450. The van der Waals surface area contributed by atoms with Gasteiger partial charge in [-0.1, -0.05) is 18.2 Å². The Kier molecular flexibility index (Phi) is 5.41. The number of hydrogen-bond acceptors (Lipinski definition) is 4. The van der Waals surface area contributed by atoms with Crippen LogP contribution in [-0.2, 0) is 16.0 Å². The second kappa shape index (κ2) is 7.91. The van der Waals surface area contributed by atoms with Crippen LogP contribution in [0.1, 0.15) is 18.1 Å². The largest absolute Gasteiger partial charge is 0.490 e. The number of anilines is 2. The highest BCUT2D eigenvalue weighted by atomic mass is 16.5. The van der Waals surface area contributed by atoms with Gasteiger partial charge in [0.05, 0.1) is 25.3 Å². The highest BCUT2D eigenvalue weighted by molar-refractivity contribution is 6.03. The Bertz CT molecular complexity index is 802. The Morgan fingerprint density at radius 3 is 2.69 bits per heavy atom. The van der Waals surface area contributed by atoms with Crippen LogP contribution in [0.15, 0.2) is 42.5 Å². The molecule has 26 heavy (non-hydrogen) atoms. The molecule has 136 valence electrons. The van der Waals surface area contributed by atoms with Gasteiger partial charge in [0.15, 0.2) is 0 Å². The topological polar surface area (TPSA) is 67.9 Å². The van der Waals surface area contributed by atoms with Crippen molar-refractivity contribution in [2.24, 2.45) is 0 Å². The van der Waals surface area contributed by atoms with Gasteiger partial charge in [0.25, 0.3) is 0 Å². The summed E-state index contributed by atoms with van der Waals surface area (Å²) in [6.07, 6.45) is 0.220. The van der Waals surface area contributed by atoms with Crippen LogP contribution in [0.25, 0.3) is 0 Å². The summed E-state index contributed by atoms with van der Waals surface area (Å²) in [5.41, 5.74) is 3.35. The van der Waals surface area contributed by atoms with Crippen LogP contribution >= 0.6 is 0 Å². The maximum atomic E-state index is 12.7. The van der Waals surface area contributed by atoms with Gasteiger partial charge >= 0.3 is 12.0 Å². The minimum Gasteiger partial charge on any atom is -0.490 e. The molecule has 0 saturated carbocycles. The van der Waals surface area contributed by atoms with E-state index in [4.69, 9.17) is 9.47 Å². The van der Waals surface area contributed by atoms with Crippen molar-refractivity contribution in [1.29, 1.82) is 0 Å². The van der Waals surface area contributed by atoms with Crippen LogP contribution < -0.4 is 15.0 Å². The second-order valence-corrected chi connectivity index (χ2v) is 6.08. The highest BCUT2D eigenvalue weighted by Crippen LogP contribution is 2.32. The van der Waals surface area contributed by atoms with Crippen LogP contribution in [0.5, 0.6) is 5.75 Å². The maximum absolute atomic E-state index is 12.7. The molecule has 6 nitrogen and oxygen atoms in total. The molecule has 0 atom stereocenters. The number of hydrogen-bond donors (Lipinski definition) is 1. The molecule has 1 heterocycles. The van der Waals surface area contributed by atoms with Gasteiger partial charge in [0, 0.05) is 5.69 Å². The van der Waals surface area contributed by atoms with E-state index in [9.17, 15) is 9.59 Å². The minimum atomic E-state index is -0.260. The Balaban J connectivity index is 1.67. The van der Waals surface area contributed by atoms with E-state index in [1.54, 1.807) is 24.0 Å². The number of aryl methyl sites for hydroxylation is 1. The maximum Gasteiger partial charge on any atom is 0.326 e. The molecular formula is C20H22N2O4. The van der Waals surface area contributed by atoms with Crippen molar-refractivity contribution in [3.8, 4) is 5.75 Å². The number of amides is 2. The molecule has 2 aromatic rings. The van der Waals surface area contributed by atoms with E-state index in [1.165, 1.54) is 0 Å².